The fourth-order valence-corrected chi connectivity index (χ4v) is 4.51. The molecule has 3 aromatic rings. The van der Waals surface area contributed by atoms with E-state index in [9.17, 15) is 14.7 Å². The van der Waals surface area contributed by atoms with Crippen LogP contribution in [0.5, 0.6) is 0 Å². The van der Waals surface area contributed by atoms with Crippen LogP contribution in [0.4, 0.5) is 0 Å². The molecule has 0 saturated heterocycles. The number of carbonyl (C=O) groups excluding carboxylic acids is 2. The Balaban J connectivity index is 1.63. The first-order chi connectivity index (χ1) is 12.1. The maximum absolute atomic E-state index is 12.1. The van der Waals surface area contributed by atoms with Gasteiger partial charge in [0.2, 0.25) is 0 Å². The molecule has 3 N–H and O–H groups in total. The van der Waals surface area contributed by atoms with E-state index in [1.807, 2.05) is 51.9 Å². The van der Waals surface area contributed by atoms with Crippen LogP contribution in [-0.2, 0) is 21.7 Å². The molecule has 3 heterocycles. The lowest BCUT2D eigenvalue weighted by Crippen LogP contribution is -2.46. The summed E-state index contributed by atoms with van der Waals surface area (Å²) in [7, 11) is 0. The molecular weight excluding hydrogens is 376 g/mol. The topological polar surface area (TPSA) is 78.4 Å². The van der Waals surface area contributed by atoms with Crippen LogP contribution < -0.4 is 10.6 Å². The molecule has 0 aliphatic rings. The number of carbonyl (C=O) groups is 2. The van der Waals surface area contributed by atoms with Gasteiger partial charge in [-0.1, -0.05) is 12.1 Å². The summed E-state index contributed by atoms with van der Waals surface area (Å²) in [5.74, 6) is -1.48. The quantitative estimate of drug-likeness (QED) is 0.564. The van der Waals surface area contributed by atoms with Gasteiger partial charge in [0, 0.05) is 15.3 Å². The first-order valence-corrected chi connectivity index (χ1v) is 10.2. The number of thiophene rings is 3. The van der Waals surface area contributed by atoms with Gasteiger partial charge in [0.25, 0.3) is 0 Å². The minimum absolute atomic E-state index is 0.0739. The highest BCUT2D eigenvalue weighted by molar-refractivity contribution is 7.10. The molecule has 2 amide bonds. The predicted molar refractivity (Wildman–Crippen MR) is 101 cm³/mol. The van der Waals surface area contributed by atoms with Crippen molar-refractivity contribution in [3.63, 3.8) is 0 Å². The van der Waals surface area contributed by atoms with Crippen LogP contribution >= 0.6 is 34.0 Å². The zero-order valence-electron chi connectivity index (χ0n) is 13.1. The number of nitrogens with one attached hydrogen (secondary N) is 2. The molecule has 130 valence electrons. The van der Waals surface area contributed by atoms with Gasteiger partial charge in [-0.2, -0.15) is 11.3 Å². The van der Waals surface area contributed by atoms with Gasteiger partial charge in [-0.3, -0.25) is 9.59 Å². The highest BCUT2D eigenvalue weighted by atomic mass is 32.1. The van der Waals surface area contributed by atoms with Crippen molar-refractivity contribution in [3.05, 3.63) is 67.2 Å². The molecule has 1 atom stereocenters. The van der Waals surface area contributed by atoms with Crippen LogP contribution in [0.25, 0.3) is 0 Å². The standard InChI is InChI=1S/C17H16N2O3S3/c20-15(18-9-13-3-1-6-24-13)16(21)19-11-17(22,12-5-8-23-10-12)14-4-2-7-25-14/h1-8,10,22H,9,11H2,(H,18,20)(H,19,21). The molecule has 0 aliphatic heterocycles. The largest absolute Gasteiger partial charge is 0.378 e. The Labute approximate surface area is 157 Å². The molecule has 1 unspecified atom stereocenters. The molecule has 0 saturated carbocycles. The van der Waals surface area contributed by atoms with Crippen molar-refractivity contribution in [2.45, 2.75) is 12.1 Å². The SMILES string of the molecule is O=C(NCc1cccs1)C(=O)NCC(O)(c1ccsc1)c1cccs1. The van der Waals surface area contributed by atoms with Crippen LogP contribution in [0.1, 0.15) is 15.3 Å². The molecule has 3 rings (SSSR count). The maximum atomic E-state index is 12.1. The van der Waals surface area contributed by atoms with Gasteiger partial charge < -0.3 is 15.7 Å². The summed E-state index contributed by atoms with van der Waals surface area (Å²) in [4.78, 5) is 25.7. The lowest BCUT2D eigenvalue weighted by Gasteiger charge is -2.26. The van der Waals surface area contributed by atoms with Crippen LogP contribution in [-0.4, -0.2) is 23.5 Å². The third-order valence-corrected chi connectivity index (χ3v) is 6.22. The minimum Gasteiger partial charge on any atom is -0.378 e. The molecule has 3 aromatic heterocycles. The first-order valence-electron chi connectivity index (χ1n) is 7.47. The second-order valence-corrected chi connectivity index (χ2v) is 8.05. The van der Waals surface area contributed by atoms with Crippen LogP contribution in [0, 0.1) is 0 Å². The van der Waals surface area contributed by atoms with Crippen LogP contribution in [0.3, 0.4) is 0 Å². The molecule has 0 spiro atoms. The molecule has 0 aliphatic carbocycles. The van der Waals surface area contributed by atoms with E-state index in [1.165, 1.54) is 34.0 Å². The van der Waals surface area contributed by atoms with Gasteiger partial charge in [-0.25, -0.2) is 0 Å². The molecular formula is C17H16N2O3S3. The summed E-state index contributed by atoms with van der Waals surface area (Å²) in [6, 6.07) is 9.23. The van der Waals surface area contributed by atoms with E-state index in [2.05, 4.69) is 10.6 Å². The predicted octanol–water partition coefficient (Wildman–Crippen LogP) is 2.54. The number of rotatable bonds is 6. The van der Waals surface area contributed by atoms with Crippen molar-refractivity contribution in [2.75, 3.05) is 6.54 Å². The lowest BCUT2D eigenvalue weighted by atomic mass is 9.94. The van der Waals surface area contributed by atoms with E-state index in [-0.39, 0.29) is 6.54 Å². The highest BCUT2D eigenvalue weighted by Crippen LogP contribution is 2.33. The van der Waals surface area contributed by atoms with Crippen molar-refractivity contribution in [1.29, 1.82) is 0 Å². The Bertz CT molecular complexity index is 777. The van der Waals surface area contributed by atoms with Crippen molar-refractivity contribution < 1.29 is 14.7 Å². The Morgan fingerprint density at radius 3 is 2.40 bits per heavy atom. The molecule has 0 fully saturated rings. The zero-order valence-corrected chi connectivity index (χ0v) is 15.5. The summed E-state index contributed by atoms with van der Waals surface area (Å²) < 4.78 is 0. The van der Waals surface area contributed by atoms with Crippen LogP contribution in [0.15, 0.2) is 51.9 Å². The maximum Gasteiger partial charge on any atom is 0.309 e. The molecule has 0 radical (unpaired) electrons. The molecule has 0 bridgehead atoms. The van der Waals surface area contributed by atoms with Crippen molar-refractivity contribution in [1.82, 2.24) is 10.6 Å². The fourth-order valence-electron chi connectivity index (χ4n) is 2.29. The Morgan fingerprint density at radius 1 is 1.00 bits per heavy atom. The number of hydrogen-bond donors (Lipinski definition) is 3. The summed E-state index contributed by atoms with van der Waals surface area (Å²) >= 11 is 4.37. The monoisotopic (exact) mass is 392 g/mol. The lowest BCUT2D eigenvalue weighted by molar-refractivity contribution is -0.139. The van der Waals surface area contributed by atoms with Gasteiger partial charge in [0.05, 0.1) is 13.1 Å². The Hall–Kier alpha value is -2.00. The van der Waals surface area contributed by atoms with Gasteiger partial charge in [-0.05, 0) is 39.7 Å². The summed E-state index contributed by atoms with van der Waals surface area (Å²) in [5, 5.41) is 23.7. The van der Waals surface area contributed by atoms with Gasteiger partial charge in [-0.15, -0.1) is 22.7 Å². The molecule has 5 nitrogen and oxygen atoms in total. The van der Waals surface area contributed by atoms with Crippen molar-refractivity contribution >= 4 is 45.8 Å². The number of aliphatic hydroxyl groups is 1. The van der Waals surface area contributed by atoms with E-state index in [4.69, 9.17) is 0 Å². The fraction of sp³-hybridized carbons (Fsp3) is 0.176. The Kier molecular flexibility index (Phi) is 5.64. The minimum atomic E-state index is -1.35. The van der Waals surface area contributed by atoms with E-state index < -0.39 is 17.4 Å². The molecule has 8 heteroatoms. The summed E-state index contributed by atoms with van der Waals surface area (Å²) in [6.45, 7) is 0.235. The van der Waals surface area contributed by atoms with E-state index in [0.717, 1.165) is 4.88 Å². The van der Waals surface area contributed by atoms with E-state index in [0.29, 0.717) is 17.0 Å². The van der Waals surface area contributed by atoms with Gasteiger partial charge in [0.15, 0.2) is 0 Å². The Morgan fingerprint density at radius 2 is 1.76 bits per heavy atom. The summed E-state index contributed by atoms with van der Waals surface area (Å²) in [5.41, 5.74) is -0.656. The normalized spacial score (nSPS) is 13.2. The third kappa shape index (κ3) is 4.16. The van der Waals surface area contributed by atoms with Crippen molar-refractivity contribution in [2.24, 2.45) is 0 Å². The van der Waals surface area contributed by atoms with Gasteiger partial charge >= 0.3 is 11.8 Å². The second-order valence-electron chi connectivity index (χ2n) is 5.29. The number of hydrogen-bond acceptors (Lipinski definition) is 6. The second kappa shape index (κ2) is 7.92. The van der Waals surface area contributed by atoms with E-state index >= 15 is 0 Å². The average Bonchev–Trinajstić information content (AvgIpc) is 3.38. The van der Waals surface area contributed by atoms with Gasteiger partial charge in [0.1, 0.15) is 5.60 Å². The summed E-state index contributed by atoms with van der Waals surface area (Å²) in [6.07, 6.45) is 0. The smallest absolute Gasteiger partial charge is 0.309 e. The highest BCUT2D eigenvalue weighted by Gasteiger charge is 2.34. The molecule has 0 aromatic carbocycles. The zero-order chi connectivity index (χ0) is 17.7. The van der Waals surface area contributed by atoms with E-state index in [1.54, 1.807) is 0 Å². The third-order valence-electron chi connectivity index (χ3n) is 3.64. The number of amides is 2. The first kappa shape index (κ1) is 17.8. The molecule has 25 heavy (non-hydrogen) atoms. The van der Waals surface area contributed by atoms with Crippen molar-refractivity contribution in [3.8, 4) is 0 Å². The average molecular weight is 393 g/mol. The van der Waals surface area contributed by atoms with Crippen LogP contribution in [0.2, 0.25) is 0 Å².